The summed E-state index contributed by atoms with van der Waals surface area (Å²) in [5.41, 5.74) is -0.274. The zero-order valence-electron chi connectivity index (χ0n) is 8.63. The van der Waals surface area contributed by atoms with Gasteiger partial charge in [-0.05, 0) is 18.2 Å². The molecule has 1 rings (SSSR count). The summed E-state index contributed by atoms with van der Waals surface area (Å²) in [4.78, 5) is 10.8. The normalized spacial score (nSPS) is 10.9. The van der Waals surface area contributed by atoms with Crippen LogP contribution in [0.1, 0.15) is 10.4 Å². The van der Waals surface area contributed by atoms with E-state index in [9.17, 15) is 13.2 Å². The Morgan fingerprint density at radius 1 is 1.31 bits per heavy atom. The molecule has 0 aromatic heterocycles. The Kier molecular flexibility index (Phi) is 3.51. The fourth-order valence-corrected chi connectivity index (χ4v) is 1.79. The average Bonchev–Trinajstić information content (AvgIpc) is 2.25. The van der Waals surface area contributed by atoms with E-state index in [4.69, 9.17) is 9.29 Å². The van der Waals surface area contributed by atoms with Gasteiger partial charge in [-0.3, -0.25) is 4.55 Å². The zero-order chi connectivity index (χ0) is 12.3. The second-order valence-electron chi connectivity index (χ2n) is 2.83. The lowest BCUT2D eigenvalue weighted by molar-refractivity contribution is 0.0595. The molecule has 6 nitrogen and oxygen atoms in total. The maximum absolute atomic E-state index is 11.3. The molecule has 0 spiro atoms. The van der Waals surface area contributed by atoms with Gasteiger partial charge in [0.25, 0.3) is 10.1 Å². The quantitative estimate of drug-likeness (QED) is 0.624. The number of hydrogen-bond donors (Lipinski definition) is 1. The molecule has 0 fully saturated rings. The Morgan fingerprint density at radius 3 is 2.38 bits per heavy atom. The van der Waals surface area contributed by atoms with Crippen LogP contribution in [-0.2, 0) is 14.9 Å². The van der Waals surface area contributed by atoms with Gasteiger partial charge in [0.2, 0.25) is 0 Å². The van der Waals surface area contributed by atoms with Gasteiger partial charge in [0, 0.05) is 0 Å². The van der Waals surface area contributed by atoms with Crippen molar-refractivity contribution in [3.63, 3.8) is 0 Å². The molecular formula is C9H10O6S. The average molecular weight is 246 g/mol. The molecule has 7 heteroatoms. The zero-order valence-corrected chi connectivity index (χ0v) is 9.45. The maximum atomic E-state index is 11.3. The van der Waals surface area contributed by atoms with Gasteiger partial charge >= 0.3 is 5.97 Å². The second-order valence-corrected chi connectivity index (χ2v) is 4.22. The lowest BCUT2D eigenvalue weighted by atomic mass is 10.2. The van der Waals surface area contributed by atoms with E-state index < -0.39 is 21.0 Å². The maximum Gasteiger partial charge on any atom is 0.339 e. The van der Waals surface area contributed by atoms with E-state index in [0.717, 1.165) is 13.2 Å². The van der Waals surface area contributed by atoms with Crippen LogP contribution in [0.25, 0.3) is 0 Å². The number of carbonyl (C=O) groups is 1. The van der Waals surface area contributed by atoms with Crippen molar-refractivity contribution < 1.29 is 27.2 Å². The van der Waals surface area contributed by atoms with Gasteiger partial charge in [-0.25, -0.2) is 4.79 Å². The first-order valence-electron chi connectivity index (χ1n) is 4.14. The predicted molar refractivity (Wildman–Crippen MR) is 54.1 cm³/mol. The highest BCUT2D eigenvalue weighted by Gasteiger charge is 2.21. The number of benzene rings is 1. The number of esters is 1. The lowest BCUT2D eigenvalue weighted by Gasteiger charge is -2.07. The van der Waals surface area contributed by atoms with Crippen molar-refractivity contribution in [2.45, 2.75) is 4.90 Å². The lowest BCUT2D eigenvalue weighted by Crippen LogP contribution is -2.10. The molecular weight excluding hydrogens is 236 g/mol. The van der Waals surface area contributed by atoms with Gasteiger partial charge < -0.3 is 9.47 Å². The number of rotatable bonds is 3. The van der Waals surface area contributed by atoms with Gasteiger partial charge in [0.15, 0.2) is 0 Å². The smallest absolute Gasteiger partial charge is 0.339 e. The van der Waals surface area contributed by atoms with Gasteiger partial charge in [0.05, 0.1) is 19.8 Å². The van der Waals surface area contributed by atoms with Crippen LogP contribution in [0.4, 0.5) is 0 Å². The van der Waals surface area contributed by atoms with Crippen molar-refractivity contribution >= 4 is 16.1 Å². The first-order chi connectivity index (χ1) is 7.40. The minimum absolute atomic E-state index is 0.274. The van der Waals surface area contributed by atoms with E-state index in [1.165, 1.54) is 19.2 Å². The highest BCUT2D eigenvalue weighted by Crippen LogP contribution is 2.22. The largest absolute Gasteiger partial charge is 0.497 e. The third kappa shape index (κ3) is 2.50. The molecule has 16 heavy (non-hydrogen) atoms. The van der Waals surface area contributed by atoms with Crippen LogP contribution in [0.2, 0.25) is 0 Å². The van der Waals surface area contributed by atoms with Crippen molar-refractivity contribution in [3.05, 3.63) is 23.8 Å². The Balaban J connectivity index is 3.45. The van der Waals surface area contributed by atoms with Gasteiger partial charge in [-0.1, -0.05) is 0 Å². The minimum Gasteiger partial charge on any atom is -0.497 e. The standard InChI is InChI=1S/C9H10O6S/c1-14-6-3-4-8(16(11,12)13)7(5-6)9(10)15-2/h3-5H,1-2H3,(H,11,12,13). The SMILES string of the molecule is COC(=O)c1cc(OC)ccc1S(=O)(=O)O. The second kappa shape index (κ2) is 4.50. The molecule has 0 aliphatic rings. The monoisotopic (exact) mass is 246 g/mol. The van der Waals surface area contributed by atoms with Gasteiger partial charge in [-0.15, -0.1) is 0 Å². The highest BCUT2D eigenvalue weighted by atomic mass is 32.2. The summed E-state index contributed by atoms with van der Waals surface area (Å²) in [7, 11) is -2.00. The topological polar surface area (TPSA) is 89.9 Å². The summed E-state index contributed by atoms with van der Waals surface area (Å²) in [6, 6.07) is 3.56. The molecule has 0 unspecified atom stereocenters. The van der Waals surface area contributed by atoms with Crippen LogP contribution in [0.3, 0.4) is 0 Å². The summed E-state index contributed by atoms with van der Waals surface area (Å²) in [5, 5.41) is 0. The number of methoxy groups -OCH3 is 2. The summed E-state index contributed by atoms with van der Waals surface area (Å²) < 4.78 is 40.1. The Hall–Kier alpha value is -1.60. The molecule has 0 radical (unpaired) electrons. The first-order valence-corrected chi connectivity index (χ1v) is 5.58. The van der Waals surface area contributed by atoms with E-state index in [1.54, 1.807) is 0 Å². The third-order valence-corrected chi connectivity index (χ3v) is 2.78. The van der Waals surface area contributed by atoms with Crippen LogP contribution < -0.4 is 4.74 Å². The van der Waals surface area contributed by atoms with Crippen LogP contribution in [0, 0.1) is 0 Å². The summed E-state index contributed by atoms with van der Waals surface area (Å²) in [5.74, 6) is -0.584. The first kappa shape index (κ1) is 12.5. The predicted octanol–water partition coefficient (Wildman–Crippen LogP) is 0.728. The van der Waals surface area contributed by atoms with Crippen LogP contribution in [0.5, 0.6) is 5.75 Å². The van der Waals surface area contributed by atoms with Gasteiger partial charge in [0.1, 0.15) is 10.6 Å². The van der Waals surface area contributed by atoms with Gasteiger partial charge in [-0.2, -0.15) is 8.42 Å². The molecule has 0 amide bonds. The molecule has 0 saturated carbocycles. The van der Waals surface area contributed by atoms with Crippen molar-refractivity contribution in [1.29, 1.82) is 0 Å². The molecule has 0 aliphatic heterocycles. The Bertz CT molecular complexity index is 505. The summed E-state index contributed by atoms with van der Waals surface area (Å²) >= 11 is 0. The number of carbonyl (C=O) groups excluding carboxylic acids is 1. The summed E-state index contributed by atoms with van der Waals surface area (Å²) in [6.07, 6.45) is 0. The molecule has 0 heterocycles. The molecule has 0 bridgehead atoms. The van der Waals surface area contributed by atoms with Crippen molar-refractivity contribution in [2.24, 2.45) is 0 Å². The molecule has 1 aromatic rings. The van der Waals surface area contributed by atoms with Crippen molar-refractivity contribution in [3.8, 4) is 5.75 Å². The fraction of sp³-hybridized carbons (Fsp3) is 0.222. The Morgan fingerprint density at radius 2 is 1.94 bits per heavy atom. The van der Waals surface area contributed by atoms with Crippen LogP contribution in [-0.4, -0.2) is 33.2 Å². The number of hydrogen-bond acceptors (Lipinski definition) is 5. The molecule has 1 N–H and O–H groups in total. The highest BCUT2D eigenvalue weighted by molar-refractivity contribution is 7.86. The third-order valence-electron chi connectivity index (χ3n) is 1.87. The minimum atomic E-state index is -4.47. The summed E-state index contributed by atoms with van der Waals surface area (Å²) in [6.45, 7) is 0. The fourth-order valence-electron chi connectivity index (χ4n) is 1.13. The van der Waals surface area contributed by atoms with E-state index in [1.807, 2.05) is 0 Å². The molecule has 0 atom stereocenters. The van der Waals surface area contributed by atoms with E-state index in [0.29, 0.717) is 0 Å². The molecule has 88 valence electrons. The Labute approximate surface area is 92.5 Å². The molecule has 1 aromatic carbocycles. The van der Waals surface area contributed by atoms with Crippen LogP contribution in [0.15, 0.2) is 23.1 Å². The van der Waals surface area contributed by atoms with Crippen molar-refractivity contribution in [2.75, 3.05) is 14.2 Å². The van der Waals surface area contributed by atoms with Crippen LogP contribution >= 0.6 is 0 Å². The molecule has 0 aliphatic carbocycles. The van der Waals surface area contributed by atoms with E-state index in [-0.39, 0.29) is 11.3 Å². The van der Waals surface area contributed by atoms with E-state index in [2.05, 4.69) is 4.74 Å². The van der Waals surface area contributed by atoms with Crippen molar-refractivity contribution in [1.82, 2.24) is 0 Å². The number of ether oxygens (including phenoxy) is 2. The molecule has 0 saturated heterocycles. The van der Waals surface area contributed by atoms with E-state index >= 15 is 0 Å².